The Morgan fingerprint density at radius 2 is 2.15 bits per heavy atom. The molecular formula is C20H26N4O2S. The molecule has 0 spiro atoms. The highest BCUT2D eigenvalue weighted by Crippen LogP contribution is 2.42. The van der Waals surface area contributed by atoms with Crippen molar-refractivity contribution in [3.8, 4) is 0 Å². The zero-order valence-electron chi connectivity index (χ0n) is 16.1. The van der Waals surface area contributed by atoms with Crippen LogP contribution in [-0.2, 0) is 24.2 Å². The number of aliphatic hydroxyl groups excluding tert-OH is 1. The fourth-order valence-electron chi connectivity index (χ4n) is 3.73. The Morgan fingerprint density at radius 3 is 2.93 bits per heavy atom. The third-order valence-corrected chi connectivity index (χ3v) is 6.11. The number of rotatable bonds is 6. The maximum absolute atomic E-state index is 9.04. The van der Waals surface area contributed by atoms with Crippen LogP contribution in [0.25, 0.3) is 20.4 Å². The minimum Gasteiger partial charge on any atom is -0.396 e. The smallest absolute Gasteiger partial charge is 0.147 e. The molecule has 0 saturated heterocycles. The predicted molar refractivity (Wildman–Crippen MR) is 109 cm³/mol. The van der Waals surface area contributed by atoms with E-state index in [0.717, 1.165) is 51.2 Å². The van der Waals surface area contributed by atoms with Crippen LogP contribution in [0.3, 0.4) is 0 Å². The van der Waals surface area contributed by atoms with E-state index >= 15 is 0 Å². The SMILES string of the molecule is CCCc1nc2sc3c(NCCCO)ncnc3c2c2c1COC(C)(C)C2. The maximum Gasteiger partial charge on any atom is 0.147 e. The molecule has 144 valence electrons. The Kier molecular flexibility index (Phi) is 5.01. The monoisotopic (exact) mass is 386 g/mol. The molecule has 6 nitrogen and oxygen atoms in total. The van der Waals surface area contributed by atoms with Gasteiger partial charge in [0.1, 0.15) is 17.0 Å². The average Bonchev–Trinajstić information content (AvgIpc) is 3.01. The first-order chi connectivity index (χ1) is 13.0. The van der Waals surface area contributed by atoms with E-state index in [9.17, 15) is 0 Å². The number of nitrogens with zero attached hydrogens (tertiary/aromatic N) is 3. The molecule has 4 heterocycles. The lowest BCUT2D eigenvalue weighted by Gasteiger charge is -2.33. The van der Waals surface area contributed by atoms with E-state index in [4.69, 9.17) is 14.8 Å². The van der Waals surface area contributed by atoms with Crippen molar-refractivity contribution in [2.75, 3.05) is 18.5 Å². The van der Waals surface area contributed by atoms with Gasteiger partial charge >= 0.3 is 0 Å². The number of pyridine rings is 1. The third-order valence-electron chi connectivity index (χ3n) is 5.03. The summed E-state index contributed by atoms with van der Waals surface area (Å²) < 4.78 is 7.14. The van der Waals surface area contributed by atoms with E-state index < -0.39 is 0 Å². The van der Waals surface area contributed by atoms with Crippen LogP contribution in [0.1, 0.15) is 50.4 Å². The van der Waals surface area contributed by atoms with Crippen molar-refractivity contribution in [1.82, 2.24) is 15.0 Å². The molecule has 1 aliphatic rings. The van der Waals surface area contributed by atoms with Gasteiger partial charge in [-0.2, -0.15) is 0 Å². The van der Waals surface area contributed by atoms with E-state index in [-0.39, 0.29) is 12.2 Å². The molecule has 3 aromatic heterocycles. The molecule has 0 amide bonds. The number of hydrogen-bond acceptors (Lipinski definition) is 7. The number of thiophene rings is 1. The van der Waals surface area contributed by atoms with Crippen molar-refractivity contribution >= 4 is 37.6 Å². The van der Waals surface area contributed by atoms with Gasteiger partial charge in [0, 0.05) is 36.2 Å². The molecule has 0 aliphatic carbocycles. The van der Waals surface area contributed by atoms with Crippen LogP contribution in [0.5, 0.6) is 0 Å². The second-order valence-corrected chi connectivity index (χ2v) is 8.68. The van der Waals surface area contributed by atoms with Gasteiger partial charge in [-0.25, -0.2) is 15.0 Å². The number of aliphatic hydroxyl groups is 1. The Bertz CT molecular complexity index is 983. The van der Waals surface area contributed by atoms with Crippen LogP contribution < -0.4 is 5.32 Å². The molecule has 27 heavy (non-hydrogen) atoms. The molecule has 1 aliphatic heterocycles. The lowest BCUT2D eigenvalue weighted by Crippen LogP contribution is -2.32. The molecule has 0 aromatic carbocycles. The zero-order chi connectivity index (χ0) is 19.0. The summed E-state index contributed by atoms with van der Waals surface area (Å²) in [7, 11) is 0. The van der Waals surface area contributed by atoms with Gasteiger partial charge < -0.3 is 15.2 Å². The summed E-state index contributed by atoms with van der Waals surface area (Å²) in [4.78, 5) is 15.1. The van der Waals surface area contributed by atoms with Gasteiger partial charge in [0.15, 0.2) is 0 Å². The molecular weight excluding hydrogens is 360 g/mol. The number of aryl methyl sites for hydroxylation is 1. The summed E-state index contributed by atoms with van der Waals surface area (Å²) in [6.45, 7) is 7.94. The summed E-state index contributed by atoms with van der Waals surface area (Å²) in [5.41, 5.74) is 4.53. The van der Waals surface area contributed by atoms with E-state index in [1.165, 1.54) is 11.1 Å². The number of fused-ring (bicyclic) bond motifs is 5. The molecule has 0 unspecified atom stereocenters. The maximum atomic E-state index is 9.04. The fraction of sp³-hybridized carbons (Fsp3) is 0.550. The van der Waals surface area contributed by atoms with Gasteiger partial charge in [-0.05, 0) is 32.3 Å². The van der Waals surface area contributed by atoms with E-state index in [2.05, 4.69) is 36.1 Å². The number of aromatic nitrogens is 3. The number of nitrogens with one attached hydrogen (secondary N) is 1. The highest BCUT2D eigenvalue weighted by molar-refractivity contribution is 7.26. The Balaban J connectivity index is 1.93. The van der Waals surface area contributed by atoms with Crippen LogP contribution in [-0.4, -0.2) is 38.8 Å². The minimum atomic E-state index is -0.186. The van der Waals surface area contributed by atoms with Crippen molar-refractivity contribution in [2.45, 2.75) is 58.7 Å². The lowest BCUT2D eigenvalue weighted by atomic mass is 9.88. The zero-order valence-corrected chi connectivity index (χ0v) is 16.9. The molecule has 4 rings (SSSR count). The number of hydrogen-bond donors (Lipinski definition) is 2. The summed E-state index contributed by atoms with van der Waals surface area (Å²) in [5.74, 6) is 0.827. The molecule has 2 N–H and O–H groups in total. The normalized spacial score (nSPS) is 16.0. The van der Waals surface area contributed by atoms with Gasteiger partial charge in [-0.1, -0.05) is 13.3 Å². The van der Waals surface area contributed by atoms with Crippen molar-refractivity contribution in [3.05, 3.63) is 23.1 Å². The van der Waals surface area contributed by atoms with Crippen LogP contribution in [0, 0.1) is 0 Å². The van der Waals surface area contributed by atoms with Crippen molar-refractivity contribution in [3.63, 3.8) is 0 Å². The molecule has 7 heteroatoms. The molecule has 3 aromatic rings. The summed E-state index contributed by atoms with van der Waals surface area (Å²) in [5, 5.41) is 13.5. The lowest BCUT2D eigenvalue weighted by molar-refractivity contribution is -0.0401. The van der Waals surface area contributed by atoms with Gasteiger partial charge in [0.05, 0.1) is 22.4 Å². The molecule has 0 saturated carbocycles. The van der Waals surface area contributed by atoms with Crippen molar-refractivity contribution < 1.29 is 9.84 Å². The van der Waals surface area contributed by atoms with Crippen LogP contribution in [0.15, 0.2) is 6.33 Å². The molecule has 0 atom stereocenters. The Morgan fingerprint density at radius 1 is 1.30 bits per heavy atom. The summed E-state index contributed by atoms with van der Waals surface area (Å²) in [6.07, 6.45) is 5.20. The Labute approximate surface area is 163 Å². The molecule has 0 radical (unpaired) electrons. The highest BCUT2D eigenvalue weighted by atomic mass is 32.1. The highest BCUT2D eigenvalue weighted by Gasteiger charge is 2.31. The largest absolute Gasteiger partial charge is 0.396 e. The second kappa shape index (κ2) is 7.30. The third kappa shape index (κ3) is 3.39. The topological polar surface area (TPSA) is 80.2 Å². The second-order valence-electron chi connectivity index (χ2n) is 7.68. The minimum absolute atomic E-state index is 0.165. The van der Waals surface area contributed by atoms with Gasteiger partial charge in [-0.3, -0.25) is 0 Å². The van der Waals surface area contributed by atoms with Crippen LogP contribution in [0.2, 0.25) is 0 Å². The Hall–Kier alpha value is -1.83. The van der Waals surface area contributed by atoms with E-state index in [0.29, 0.717) is 19.6 Å². The fourth-order valence-corrected chi connectivity index (χ4v) is 4.87. The quantitative estimate of drug-likeness (QED) is 0.627. The van der Waals surface area contributed by atoms with Gasteiger partial charge in [0.25, 0.3) is 0 Å². The molecule has 0 fully saturated rings. The van der Waals surface area contributed by atoms with E-state index in [1.807, 2.05) is 0 Å². The van der Waals surface area contributed by atoms with Crippen LogP contribution >= 0.6 is 11.3 Å². The summed E-state index contributed by atoms with van der Waals surface area (Å²) >= 11 is 1.66. The molecule has 0 bridgehead atoms. The van der Waals surface area contributed by atoms with Crippen LogP contribution in [0.4, 0.5) is 5.82 Å². The first-order valence-electron chi connectivity index (χ1n) is 9.60. The number of anilines is 1. The first kappa shape index (κ1) is 18.5. The first-order valence-corrected chi connectivity index (χ1v) is 10.4. The predicted octanol–water partition coefficient (Wildman–Crippen LogP) is 3.84. The average molecular weight is 387 g/mol. The summed E-state index contributed by atoms with van der Waals surface area (Å²) in [6, 6.07) is 0. The van der Waals surface area contributed by atoms with Crippen molar-refractivity contribution in [2.24, 2.45) is 0 Å². The van der Waals surface area contributed by atoms with E-state index in [1.54, 1.807) is 17.7 Å². The standard InChI is InChI=1S/C20H26N4O2S/c1-4-6-14-13-10-26-20(2,3)9-12(13)15-16-17(27-19(15)24-14)18(23-11-22-16)21-7-5-8-25/h11,25H,4-10H2,1-3H3,(H,21,22,23). The number of ether oxygens (including phenoxy) is 1. The van der Waals surface area contributed by atoms with Gasteiger partial charge in [-0.15, -0.1) is 11.3 Å². The van der Waals surface area contributed by atoms with Gasteiger partial charge in [0.2, 0.25) is 0 Å². The van der Waals surface area contributed by atoms with Crippen molar-refractivity contribution in [1.29, 1.82) is 0 Å².